The van der Waals surface area contributed by atoms with Crippen LogP contribution in [0.1, 0.15) is 37.8 Å². The molecule has 0 spiro atoms. The second-order valence-corrected chi connectivity index (χ2v) is 5.43. The SMILES string of the molecule is COc1ccc2c(c1)C(C)CC(C)[n+]1ccccc1-2. The van der Waals surface area contributed by atoms with Gasteiger partial charge >= 0.3 is 0 Å². The van der Waals surface area contributed by atoms with E-state index in [1.165, 1.54) is 16.8 Å². The molecule has 0 amide bonds. The van der Waals surface area contributed by atoms with Gasteiger partial charge in [0.2, 0.25) is 5.69 Å². The molecule has 98 valence electrons. The molecular weight excluding hydrogens is 234 g/mol. The molecule has 1 aromatic heterocycles. The summed E-state index contributed by atoms with van der Waals surface area (Å²) >= 11 is 0. The van der Waals surface area contributed by atoms with Crippen LogP contribution in [0, 0.1) is 0 Å². The Morgan fingerprint density at radius 2 is 2.00 bits per heavy atom. The van der Waals surface area contributed by atoms with Crippen LogP contribution >= 0.6 is 0 Å². The molecule has 2 atom stereocenters. The fourth-order valence-electron chi connectivity index (χ4n) is 3.13. The van der Waals surface area contributed by atoms with Crippen LogP contribution < -0.4 is 9.30 Å². The van der Waals surface area contributed by atoms with E-state index in [1.54, 1.807) is 7.11 Å². The minimum Gasteiger partial charge on any atom is -0.497 e. The molecule has 0 N–H and O–H groups in total. The summed E-state index contributed by atoms with van der Waals surface area (Å²) in [5, 5.41) is 0. The van der Waals surface area contributed by atoms with Crippen LogP contribution in [0.3, 0.4) is 0 Å². The molecule has 0 saturated carbocycles. The highest BCUT2D eigenvalue weighted by atomic mass is 16.5. The van der Waals surface area contributed by atoms with Gasteiger partial charge in [-0.1, -0.05) is 6.92 Å². The van der Waals surface area contributed by atoms with Gasteiger partial charge in [-0.15, -0.1) is 0 Å². The van der Waals surface area contributed by atoms with Gasteiger partial charge in [0.05, 0.1) is 7.11 Å². The summed E-state index contributed by atoms with van der Waals surface area (Å²) in [5.41, 5.74) is 4.03. The third-order valence-corrected chi connectivity index (χ3v) is 4.13. The molecule has 0 fully saturated rings. The Hall–Kier alpha value is -1.83. The molecule has 0 bridgehead atoms. The number of nitrogens with zero attached hydrogens (tertiary/aromatic N) is 1. The van der Waals surface area contributed by atoms with E-state index in [9.17, 15) is 0 Å². The van der Waals surface area contributed by atoms with E-state index < -0.39 is 0 Å². The Morgan fingerprint density at radius 3 is 2.79 bits per heavy atom. The van der Waals surface area contributed by atoms with Crippen molar-refractivity contribution in [3.63, 3.8) is 0 Å². The lowest BCUT2D eigenvalue weighted by Gasteiger charge is -2.12. The van der Waals surface area contributed by atoms with Crippen molar-refractivity contribution < 1.29 is 9.30 Å². The highest BCUT2D eigenvalue weighted by molar-refractivity contribution is 5.64. The minimum absolute atomic E-state index is 0.518. The molecule has 2 unspecified atom stereocenters. The summed E-state index contributed by atoms with van der Waals surface area (Å²) in [4.78, 5) is 0. The van der Waals surface area contributed by atoms with Crippen molar-refractivity contribution in [2.75, 3.05) is 7.11 Å². The van der Waals surface area contributed by atoms with Crippen LogP contribution in [0.15, 0.2) is 42.6 Å². The van der Waals surface area contributed by atoms with Crippen molar-refractivity contribution in [1.82, 2.24) is 0 Å². The van der Waals surface area contributed by atoms with Gasteiger partial charge in [0.1, 0.15) is 5.75 Å². The number of pyridine rings is 1. The van der Waals surface area contributed by atoms with Gasteiger partial charge in [0.25, 0.3) is 0 Å². The first-order valence-corrected chi connectivity index (χ1v) is 6.89. The monoisotopic (exact) mass is 254 g/mol. The Kier molecular flexibility index (Phi) is 3.02. The van der Waals surface area contributed by atoms with Gasteiger partial charge in [0.15, 0.2) is 12.2 Å². The van der Waals surface area contributed by atoms with Crippen LogP contribution in [-0.4, -0.2) is 7.11 Å². The second kappa shape index (κ2) is 4.69. The van der Waals surface area contributed by atoms with Gasteiger partial charge in [-0.05, 0) is 42.7 Å². The zero-order valence-corrected chi connectivity index (χ0v) is 11.8. The first kappa shape index (κ1) is 12.2. The molecule has 0 saturated heterocycles. The summed E-state index contributed by atoms with van der Waals surface area (Å²) in [7, 11) is 1.73. The van der Waals surface area contributed by atoms with Crippen LogP contribution in [0.5, 0.6) is 5.75 Å². The number of hydrogen-bond donors (Lipinski definition) is 0. The molecule has 3 rings (SSSR count). The predicted molar refractivity (Wildman–Crippen MR) is 76.4 cm³/mol. The van der Waals surface area contributed by atoms with Crippen LogP contribution in [0.25, 0.3) is 11.3 Å². The van der Waals surface area contributed by atoms with E-state index in [0.29, 0.717) is 12.0 Å². The topological polar surface area (TPSA) is 13.1 Å². The van der Waals surface area contributed by atoms with Crippen molar-refractivity contribution in [3.05, 3.63) is 48.2 Å². The summed E-state index contributed by atoms with van der Waals surface area (Å²) in [6.07, 6.45) is 3.34. The average molecular weight is 254 g/mol. The number of ether oxygens (including phenoxy) is 1. The van der Waals surface area contributed by atoms with Crippen LogP contribution in [-0.2, 0) is 0 Å². The summed E-state index contributed by atoms with van der Waals surface area (Å²) in [6.45, 7) is 4.60. The molecule has 1 aromatic carbocycles. The van der Waals surface area contributed by atoms with Gasteiger partial charge in [-0.25, -0.2) is 0 Å². The highest BCUT2D eigenvalue weighted by Crippen LogP contribution is 2.37. The Bertz CT molecular complexity index is 606. The molecule has 0 radical (unpaired) electrons. The number of methoxy groups -OCH3 is 1. The average Bonchev–Trinajstić information content (AvgIpc) is 2.55. The van der Waals surface area contributed by atoms with Gasteiger partial charge < -0.3 is 4.74 Å². The lowest BCUT2D eigenvalue weighted by Crippen LogP contribution is -2.38. The maximum absolute atomic E-state index is 5.38. The fraction of sp³-hybridized carbons (Fsp3) is 0.353. The largest absolute Gasteiger partial charge is 0.497 e. The van der Waals surface area contributed by atoms with Crippen molar-refractivity contribution in [3.8, 4) is 17.0 Å². The van der Waals surface area contributed by atoms with Gasteiger partial charge in [-0.2, -0.15) is 4.57 Å². The van der Waals surface area contributed by atoms with Crippen molar-refractivity contribution in [1.29, 1.82) is 0 Å². The minimum atomic E-state index is 0.518. The van der Waals surface area contributed by atoms with Crippen molar-refractivity contribution in [2.45, 2.75) is 32.2 Å². The van der Waals surface area contributed by atoms with E-state index in [4.69, 9.17) is 4.74 Å². The summed E-state index contributed by atoms with van der Waals surface area (Å²) in [6, 6.07) is 13.4. The molecule has 1 aliphatic heterocycles. The third-order valence-electron chi connectivity index (χ3n) is 4.13. The van der Waals surface area contributed by atoms with E-state index in [0.717, 1.165) is 12.2 Å². The first-order valence-electron chi connectivity index (χ1n) is 6.89. The molecule has 19 heavy (non-hydrogen) atoms. The van der Waals surface area contributed by atoms with Gasteiger partial charge in [0, 0.05) is 24.1 Å². The summed E-state index contributed by atoms with van der Waals surface area (Å²) < 4.78 is 7.76. The molecule has 2 nitrogen and oxygen atoms in total. The second-order valence-electron chi connectivity index (χ2n) is 5.43. The summed E-state index contributed by atoms with van der Waals surface area (Å²) in [5.74, 6) is 1.49. The zero-order chi connectivity index (χ0) is 13.4. The Morgan fingerprint density at radius 1 is 1.16 bits per heavy atom. The smallest absolute Gasteiger partial charge is 0.212 e. The molecule has 2 heteroatoms. The van der Waals surface area contributed by atoms with Crippen molar-refractivity contribution in [2.24, 2.45) is 0 Å². The fourth-order valence-corrected chi connectivity index (χ4v) is 3.13. The molecule has 2 aromatic rings. The molecular formula is C17H20NO+. The van der Waals surface area contributed by atoms with Crippen LogP contribution in [0.2, 0.25) is 0 Å². The van der Waals surface area contributed by atoms with E-state index >= 15 is 0 Å². The first-order chi connectivity index (χ1) is 9.20. The van der Waals surface area contributed by atoms with E-state index in [2.05, 4.69) is 61.0 Å². The lowest BCUT2D eigenvalue weighted by atomic mass is 9.91. The number of hydrogen-bond acceptors (Lipinski definition) is 1. The normalized spacial score (nSPS) is 21.2. The number of rotatable bonds is 1. The maximum atomic E-state index is 5.38. The Balaban J connectivity index is 2.25. The number of aromatic nitrogens is 1. The molecule has 0 aliphatic carbocycles. The Labute approximate surface area is 114 Å². The third kappa shape index (κ3) is 2.01. The predicted octanol–water partition coefficient (Wildman–Crippen LogP) is 3.72. The molecule has 2 heterocycles. The quantitative estimate of drug-likeness (QED) is 0.707. The van der Waals surface area contributed by atoms with Crippen molar-refractivity contribution >= 4 is 0 Å². The van der Waals surface area contributed by atoms with Gasteiger partial charge in [-0.3, -0.25) is 0 Å². The van der Waals surface area contributed by atoms with Crippen LogP contribution in [0.4, 0.5) is 0 Å². The maximum Gasteiger partial charge on any atom is 0.212 e. The zero-order valence-electron chi connectivity index (χ0n) is 11.8. The lowest BCUT2D eigenvalue weighted by molar-refractivity contribution is -0.709. The highest BCUT2D eigenvalue weighted by Gasteiger charge is 2.29. The number of fused-ring (bicyclic) bond motifs is 3. The standard InChI is InChI=1S/C17H20NO/c1-12-10-13(2)18-9-5-4-6-17(18)15-8-7-14(19-3)11-16(12)15/h4-9,11-13H,10H2,1-3H3/q+1. The van der Waals surface area contributed by atoms with E-state index in [-0.39, 0.29) is 0 Å². The van der Waals surface area contributed by atoms with E-state index in [1.807, 2.05) is 0 Å². The molecule has 1 aliphatic rings. The number of benzene rings is 1.